The van der Waals surface area contributed by atoms with Gasteiger partial charge in [-0.2, -0.15) is 0 Å². The normalized spacial score (nSPS) is 10.6. The number of hydrogen-bond acceptors (Lipinski definition) is 6. The average molecular weight is 466 g/mol. The van der Waals surface area contributed by atoms with Crippen LogP contribution in [0.3, 0.4) is 0 Å². The standard InChI is InChI=1S/C13H10O.C8H11NO.C6H14N2O2/c14-10-11-6-8-13(9-7-11)12-4-2-1-3-5-12;1-2-10-8-5-3-4-7(9)6-8;7-4-2-1-3-5(8)6(9)10/h1-10H;3-6H,2,9H2,1H3;5H,1-4,7-8H2,(H,9,10)/t;;5-/m..0/s1. The maximum atomic E-state index is 10.5. The summed E-state index contributed by atoms with van der Waals surface area (Å²) in [5.74, 6) is -0.0977. The highest BCUT2D eigenvalue weighted by Crippen LogP contribution is 2.18. The molecule has 0 aromatic heterocycles. The molecule has 7 heteroatoms. The van der Waals surface area contributed by atoms with Crippen LogP contribution < -0.4 is 21.9 Å². The first-order chi connectivity index (χ1) is 16.4. The van der Waals surface area contributed by atoms with Gasteiger partial charge in [-0.15, -0.1) is 0 Å². The second-order valence-electron chi connectivity index (χ2n) is 7.34. The Morgan fingerprint density at radius 2 is 1.62 bits per heavy atom. The molecular weight excluding hydrogens is 430 g/mol. The molecule has 3 aromatic rings. The molecule has 0 saturated carbocycles. The van der Waals surface area contributed by atoms with E-state index in [4.69, 9.17) is 27.0 Å². The van der Waals surface area contributed by atoms with Crippen LogP contribution >= 0.6 is 0 Å². The van der Waals surface area contributed by atoms with Crippen molar-refractivity contribution in [2.75, 3.05) is 18.9 Å². The number of anilines is 1. The number of aliphatic carboxylic acids is 1. The number of nitrogen functional groups attached to an aromatic ring is 1. The zero-order valence-electron chi connectivity index (χ0n) is 19.6. The molecule has 0 spiro atoms. The van der Waals surface area contributed by atoms with Gasteiger partial charge < -0.3 is 27.0 Å². The van der Waals surface area contributed by atoms with Crippen LogP contribution in [0, 0.1) is 0 Å². The molecular formula is C27H35N3O4. The summed E-state index contributed by atoms with van der Waals surface area (Å²) < 4.78 is 5.21. The van der Waals surface area contributed by atoms with E-state index >= 15 is 0 Å². The number of hydrogen-bond donors (Lipinski definition) is 4. The third kappa shape index (κ3) is 11.8. The highest BCUT2D eigenvalue weighted by molar-refractivity contribution is 5.76. The lowest BCUT2D eigenvalue weighted by molar-refractivity contribution is -0.138. The summed E-state index contributed by atoms with van der Waals surface area (Å²) in [5.41, 5.74) is 19.7. The van der Waals surface area contributed by atoms with Gasteiger partial charge in [0.25, 0.3) is 0 Å². The molecule has 182 valence electrons. The average Bonchev–Trinajstić information content (AvgIpc) is 2.86. The molecule has 3 rings (SSSR count). The second-order valence-corrected chi connectivity index (χ2v) is 7.34. The van der Waals surface area contributed by atoms with Crippen LogP contribution in [0.2, 0.25) is 0 Å². The van der Waals surface area contributed by atoms with Gasteiger partial charge in [0, 0.05) is 17.3 Å². The number of carbonyl (C=O) groups is 2. The van der Waals surface area contributed by atoms with Crippen LogP contribution in [0.15, 0.2) is 78.9 Å². The summed E-state index contributed by atoms with van der Waals surface area (Å²) in [6.45, 7) is 3.24. The third-order valence-corrected chi connectivity index (χ3v) is 4.61. The van der Waals surface area contributed by atoms with Crippen molar-refractivity contribution in [3.8, 4) is 16.9 Å². The molecule has 0 radical (unpaired) electrons. The molecule has 0 aliphatic heterocycles. The minimum absolute atomic E-state index is 0.520. The zero-order chi connectivity index (χ0) is 25.2. The number of ether oxygens (including phenoxy) is 1. The predicted octanol–water partition coefficient (Wildman–Crippen LogP) is 4.36. The topological polar surface area (TPSA) is 142 Å². The largest absolute Gasteiger partial charge is 0.494 e. The van der Waals surface area contributed by atoms with Crippen molar-refractivity contribution in [3.05, 3.63) is 84.4 Å². The van der Waals surface area contributed by atoms with Crippen molar-refractivity contribution < 1.29 is 19.4 Å². The van der Waals surface area contributed by atoms with Gasteiger partial charge >= 0.3 is 5.97 Å². The number of carboxylic acid groups (broad SMARTS) is 1. The fourth-order valence-electron chi connectivity index (χ4n) is 2.79. The van der Waals surface area contributed by atoms with Gasteiger partial charge in [-0.25, -0.2) is 0 Å². The Bertz CT molecular complexity index is 963. The number of nitrogens with two attached hydrogens (primary N) is 3. The molecule has 3 aromatic carbocycles. The lowest BCUT2D eigenvalue weighted by Crippen LogP contribution is -2.29. The minimum atomic E-state index is -0.933. The summed E-state index contributed by atoms with van der Waals surface area (Å²) in [6, 6.07) is 24.4. The summed E-state index contributed by atoms with van der Waals surface area (Å²) in [4.78, 5) is 20.6. The van der Waals surface area contributed by atoms with Crippen molar-refractivity contribution in [1.82, 2.24) is 0 Å². The van der Waals surface area contributed by atoms with Crippen LogP contribution in [0.25, 0.3) is 11.1 Å². The highest BCUT2D eigenvalue weighted by atomic mass is 16.5. The Morgan fingerprint density at radius 3 is 2.15 bits per heavy atom. The SMILES string of the molecule is CCOc1cccc(N)c1.NCCCC[C@H](N)C(=O)O.O=Cc1ccc(-c2ccccc2)cc1. The monoisotopic (exact) mass is 465 g/mol. The first-order valence-corrected chi connectivity index (χ1v) is 11.2. The highest BCUT2D eigenvalue weighted by Gasteiger charge is 2.09. The fraction of sp³-hybridized carbons (Fsp3) is 0.259. The molecule has 0 unspecified atom stereocenters. The molecule has 7 N–H and O–H groups in total. The summed E-state index contributed by atoms with van der Waals surface area (Å²) in [6.07, 6.45) is 3.02. The Balaban J connectivity index is 0.000000262. The van der Waals surface area contributed by atoms with E-state index in [0.717, 1.165) is 36.1 Å². The van der Waals surface area contributed by atoms with Crippen molar-refractivity contribution in [2.45, 2.75) is 32.2 Å². The van der Waals surface area contributed by atoms with Crippen molar-refractivity contribution in [3.63, 3.8) is 0 Å². The van der Waals surface area contributed by atoms with Crippen LogP contribution in [0.5, 0.6) is 5.75 Å². The maximum Gasteiger partial charge on any atom is 0.320 e. The molecule has 0 amide bonds. The molecule has 1 atom stereocenters. The van der Waals surface area contributed by atoms with E-state index < -0.39 is 12.0 Å². The number of benzene rings is 3. The molecule has 0 saturated heterocycles. The van der Waals surface area contributed by atoms with Crippen LogP contribution in [0.4, 0.5) is 5.69 Å². The molecule has 0 heterocycles. The first kappa shape index (κ1) is 28.4. The van der Waals surface area contributed by atoms with Gasteiger partial charge in [0.15, 0.2) is 0 Å². The summed E-state index contributed by atoms with van der Waals surface area (Å²) in [7, 11) is 0. The van der Waals surface area contributed by atoms with E-state index in [2.05, 4.69) is 12.1 Å². The lowest BCUT2D eigenvalue weighted by Gasteiger charge is -2.03. The summed E-state index contributed by atoms with van der Waals surface area (Å²) >= 11 is 0. The van der Waals surface area contributed by atoms with Gasteiger partial charge in [-0.1, -0.05) is 67.1 Å². The van der Waals surface area contributed by atoms with Crippen LogP contribution in [-0.4, -0.2) is 36.6 Å². The van der Waals surface area contributed by atoms with Crippen LogP contribution in [0.1, 0.15) is 36.5 Å². The minimum Gasteiger partial charge on any atom is -0.494 e. The Hall–Kier alpha value is -3.68. The maximum absolute atomic E-state index is 10.5. The van der Waals surface area contributed by atoms with E-state index in [0.29, 0.717) is 25.1 Å². The Labute approximate surface area is 201 Å². The van der Waals surface area contributed by atoms with Crippen molar-refractivity contribution in [2.24, 2.45) is 11.5 Å². The molecule has 7 nitrogen and oxygen atoms in total. The quantitative estimate of drug-likeness (QED) is 0.209. The number of rotatable bonds is 9. The number of aldehydes is 1. The van der Waals surface area contributed by atoms with E-state index in [1.165, 1.54) is 5.56 Å². The van der Waals surface area contributed by atoms with E-state index in [9.17, 15) is 9.59 Å². The zero-order valence-corrected chi connectivity index (χ0v) is 19.6. The lowest BCUT2D eigenvalue weighted by atomic mass is 10.0. The van der Waals surface area contributed by atoms with E-state index in [1.807, 2.05) is 73.7 Å². The van der Waals surface area contributed by atoms with Gasteiger partial charge in [0.05, 0.1) is 6.61 Å². The Kier molecular flexibility index (Phi) is 14.1. The Morgan fingerprint density at radius 1 is 0.971 bits per heavy atom. The fourth-order valence-corrected chi connectivity index (χ4v) is 2.79. The number of carbonyl (C=O) groups excluding carboxylic acids is 1. The third-order valence-electron chi connectivity index (χ3n) is 4.61. The molecule has 0 aliphatic carbocycles. The van der Waals surface area contributed by atoms with Crippen molar-refractivity contribution >= 4 is 17.9 Å². The smallest absolute Gasteiger partial charge is 0.320 e. The van der Waals surface area contributed by atoms with Gasteiger partial charge in [0.1, 0.15) is 18.1 Å². The molecule has 0 fully saturated rings. The molecule has 0 bridgehead atoms. The van der Waals surface area contributed by atoms with Gasteiger partial charge in [0.2, 0.25) is 0 Å². The van der Waals surface area contributed by atoms with Crippen molar-refractivity contribution in [1.29, 1.82) is 0 Å². The van der Waals surface area contributed by atoms with E-state index in [1.54, 1.807) is 0 Å². The first-order valence-electron chi connectivity index (χ1n) is 11.2. The van der Waals surface area contributed by atoms with Gasteiger partial charge in [-0.3, -0.25) is 9.59 Å². The predicted molar refractivity (Wildman–Crippen MR) is 138 cm³/mol. The number of unbranched alkanes of at least 4 members (excludes halogenated alkanes) is 1. The van der Waals surface area contributed by atoms with Crippen LogP contribution in [-0.2, 0) is 4.79 Å². The molecule has 0 aliphatic rings. The molecule has 34 heavy (non-hydrogen) atoms. The summed E-state index contributed by atoms with van der Waals surface area (Å²) in [5, 5.41) is 8.33. The van der Waals surface area contributed by atoms with E-state index in [-0.39, 0.29) is 0 Å². The second kappa shape index (κ2) is 16.9. The van der Waals surface area contributed by atoms with Gasteiger partial charge in [-0.05, 0) is 49.6 Å². The number of carboxylic acids is 1.